The second-order valence-electron chi connectivity index (χ2n) is 4.38. The first kappa shape index (κ1) is 11.0. The number of nitrogens with two attached hydrogens (primary N) is 1. The van der Waals surface area contributed by atoms with E-state index in [1.807, 2.05) is 20.2 Å². The van der Waals surface area contributed by atoms with Crippen molar-refractivity contribution in [1.29, 1.82) is 0 Å². The number of aryl methyl sites for hydroxylation is 2. The van der Waals surface area contributed by atoms with Crippen molar-refractivity contribution in [3.63, 3.8) is 0 Å². The lowest BCUT2D eigenvalue weighted by molar-refractivity contribution is 0.705. The summed E-state index contributed by atoms with van der Waals surface area (Å²) in [5.41, 5.74) is 7.73. The Morgan fingerprint density at radius 2 is 2.25 bits per heavy atom. The monoisotopic (exact) mass is 221 g/mol. The van der Waals surface area contributed by atoms with E-state index in [4.69, 9.17) is 5.73 Å². The standard InChI is InChI=1S/C11H19N5/c1-8-10(7-16(2)15-8)14-11(12)13-9-5-3-4-6-9/h7,9H,3-6H2,1-2H3,(H3,12,13,14). The first-order chi connectivity index (χ1) is 7.65. The number of nitrogens with zero attached hydrogens (tertiary/aromatic N) is 3. The lowest BCUT2D eigenvalue weighted by Crippen LogP contribution is -2.24. The molecule has 2 rings (SSSR count). The Bertz CT molecular complexity index is 387. The summed E-state index contributed by atoms with van der Waals surface area (Å²) in [6.45, 7) is 1.95. The van der Waals surface area contributed by atoms with Crippen LogP contribution in [0.3, 0.4) is 0 Å². The molecule has 0 bridgehead atoms. The zero-order chi connectivity index (χ0) is 11.5. The molecule has 0 atom stereocenters. The Kier molecular flexibility index (Phi) is 3.12. The van der Waals surface area contributed by atoms with Crippen LogP contribution in [-0.2, 0) is 7.05 Å². The summed E-state index contributed by atoms with van der Waals surface area (Å²) in [6.07, 6.45) is 6.77. The average Bonchev–Trinajstić information content (AvgIpc) is 2.78. The van der Waals surface area contributed by atoms with E-state index in [2.05, 4.69) is 15.4 Å². The predicted octanol–water partition coefficient (Wildman–Crippen LogP) is 1.40. The number of aromatic nitrogens is 2. The molecule has 5 heteroatoms. The molecule has 0 amide bonds. The number of guanidine groups is 1. The third-order valence-electron chi connectivity index (χ3n) is 2.92. The van der Waals surface area contributed by atoms with Gasteiger partial charge < -0.3 is 11.1 Å². The predicted molar refractivity (Wildman–Crippen MR) is 65.4 cm³/mol. The van der Waals surface area contributed by atoms with E-state index in [1.165, 1.54) is 12.8 Å². The molecule has 1 aliphatic rings. The van der Waals surface area contributed by atoms with Gasteiger partial charge in [0, 0.05) is 13.2 Å². The minimum atomic E-state index is 0.407. The van der Waals surface area contributed by atoms with E-state index >= 15 is 0 Å². The van der Waals surface area contributed by atoms with Crippen molar-refractivity contribution in [2.24, 2.45) is 17.8 Å². The molecule has 1 heterocycles. The molecular weight excluding hydrogens is 202 g/mol. The maximum absolute atomic E-state index is 5.87. The molecular formula is C11H19N5. The van der Waals surface area contributed by atoms with E-state index in [0.717, 1.165) is 24.2 Å². The molecule has 88 valence electrons. The summed E-state index contributed by atoms with van der Waals surface area (Å²) in [7, 11) is 1.89. The summed E-state index contributed by atoms with van der Waals surface area (Å²) in [4.78, 5) is 4.47. The molecule has 0 unspecified atom stereocenters. The smallest absolute Gasteiger partial charge is 0.193 e. The van der Waals surface area contributed by atoms with Crippen LogP contribution in [0.4, 0.5) is 5.69 Å². The van der Waals surface area contributed by atoms with Crippen LogP contribution in [0.15, 0.2) is 11.2 Å². The van der Waals surface area contributed by atoms with Gasteiger partial charge in [-0.05, 0) is 19.8 Å². The maximum Gasteiger partial charge on any atom is 0.193 e. The van der Waals surface area contributed by atoms with Gasteiger partial charge in [-0.15, -0.1) is 0 Å². The van der Waals surface area contributed by atoms with E-state index in [1.54, 1.807) is 4.68 Å². The normalized spacial score (nSPS) is 18.0. The highest BCUT2D eigenvalue weighted by Gasteiger charge is 2.14. The Morgan fingerprint density at radius 1 is 1.56 bits per heavy atom. The van der Waals surface area contributed by atoms with Gasteiger partial charge in [-0.3, -0.25) is 4.68 Å². The fourth-order valence-corrected chi connectivity index (χ4v) is 2.12. The fraction of sp³-hybridized carbons (Fsp3) is 0.636. The third-order valence-corrected chi connectivity index (χ3v) is 2.92. The number of hydrogen-bond acceptors (Lipinski definition) is 2. The van der Waals surface area contributed by atoms with Gasteiger partial charge in [-0.2, -0.15) is 5.10 Å². The van der Waals surface area contributed by atoms with E-state index in [9.17, 15) is 0 Å². The van der Waals surface area contributed by atoms with Gasteiger partial charge in [-0.25, -0.2) is 4.99 Å². The van der Waals surface area contributed by atoms with Crippen LogP contribution in [-0.4, -0.2) is 21.8 Å². The van der Waals surface area contributed by atoms with Crippen LogP contribution < -0.4 is 11.1 Å². The molecule has 1 fully saturated rings. The minimum absolute atomic E-state index is 0.407. The Balaban J connectivity index is 2.00. The van der Waals surface area contributed by atoms with Crippen molar-refractivity contribution < 1.29 is 0 Å². The van der Waals surface area contributed by atoms with E-state index in [-0.39, 0.29) is 0 Å². The van der Waals surface area contributed by atoms with Crippen molar-refractivity contribution in [3.8, 4) is 0 Å². The quantitative estimate of drug-likeness (QED) is 0.586. The van der Waals surface area contributed by atoms with Crippen molar-refractivity contribution in [1.82, 2.24) is 9.78 Å². The third kappa shape index (κ3) is 2.53. The second kappa shape index (κ2) is 4.55. The first-order valence-corrected chi connectivity index (χ1v) is 5.75. The van der Waals surface area contributed by atoms with Crippen LogP contribution in [0, 0.1) is 6.92 Å². The molecule has 1 saturated carbocycles. The Labute approximate surface area is 95.7 Å². The van der Waals surface area contributed by atoms with Gasteiger partial charge in [-0.1, -0.05) is 12.8 Å². The zero-order valence-corrected chi connectivity index (χ0v) is 9.90. The van der Waals surface area contributed by atoms with Gasteiger partial charge in [0.1, 0.15) is 0 Å². The van der Waals surface area contributed by atoms with E-state index < -0.39 is 0 Å². The molecule has 3 N–H and O–H groups in total. The molecule has 16 heavy (non-hydrogen) atoms. The SMILES string of the molecule is Cc1nn(C)cc1NC(N)=NC1CCCC1. The highest BCUT2D eigenvalue weighted by atomic mass is 15.3. The zero-order valence-electron chi connectivity index (χ0n) is 9.90. The largest absolute Gasteiger partial charge is 0.370 e. The first-order valence-electron chi connectivity index (χ1n) is 5.75. The Morgan fingerprint density at radius 3 is 2.81 bits per heavy atom. The summed E-state index contributed by atoms with van der Waals surface area (Å²) in [5, 5.41) is 7.34. The van der Waals surface area contributed by atoms with Crippen LogP contribution in [0.1, 0.15) is 31.4 Å². The van der Waals surface area contributed by atoms with Crippen molar-refractivity contribution >= 4 is 11.6 Å². The molecule has 0 aliphatic heterocycles. The Hall–Kier alpha value is -1.52. The molecule has 1 aliphatic carbocycles. The summed E-state index contributed by atoms with van der Waals surface area (Å²) >= 11 is 0. The molecule has 1 aromatic rings. The van der Waals surface area contributed by atoms with Crippen LogP contribution in [0.25, 0.3) is 0 Å². The molecule has 5 nitrogen and oxygen atoms in total. The minimum Gasteiger partial charge on any atom is -0.370 e. The highest BCUT2D eigenvalue weighted by Crippen LogP contribution is 2.21. The van der Waals surface area contributed by atoms with Gasteiger partial charge in [0.2, 0.25) is 0 Å². The summed E-state index contributed by atoms with van der Waals surface area (Å²) in [6, 6.07) is 0.407. The fourth-order valence-electron chi connectivity index (χ4n) is 2.12. The van der Waals surface area contributed by atoms with Crippen molar-refractivity contribution in [2.45, 2.75) is 38.6 Å². The van der Waals surface area contributed by atoms with Gasteiger partial charge in [0.15, 0.2) is 5.96 Å². The number of rotatable bonds is 2. The highest BCUT2D eigenvalue weighted by molar-refractivity contribution is 5.92. The van der Waals surface area contributed by atoms with Gasteiger partial charge >= 0.3 is 0 Å². The lowest BCUT2D eigenvalue weighted by atomic mass is 10.3. The van der Waals surface area contributed by atoms with Crippen LogP contribution in [0.5, 0.6) is 0 Å². The summed E-state index contributed by atoms with van der Waals surface area (Å²) < 4.78 is 1.76. The van der Waals surface area contributed by atoms with Crippen LogP contribution >= 0.6 is 0 Å². The number of nitrogens with one attached hydrogen (secondary N) is 1. The molecule has 0 spiro atoms. The molecule has 1 aromatic heterocycles. The number of anilines is 1. The molecule has 0 radical (unpaired) electrons. The summed E-state index contributed by atoms with van der Waals surface area (Å²) in [5.74, 6) is 0.503. The van der Waals surface area contributed by atoms with E-state index in [0.29, 0.717) is 12.0 Å². The second-order valence-corrected chi connectivity index (χ2v) is 4.38. The van der Waals surface area contributed by atoms with Gasteiger partial charge in [0.25, 0.3) is 0 Å². The molecule has 0 saturated heterocycles. The van der Waals surface area contributed by atoms with Crippen molar-refractivity contribution in [3.05, 3.63) is 11.9 Å². The molecule has 0 aromatic carbocycles. The average molecular weight is 221 g/mol. The lowest BCUT2D eigenvalue weighted by Gasteiger charge is -2.07. The van der Waals surface area contributed by atoms with Crippen molar-refractivity contribution in [2.75, 3.05) is 5.32 Å². The van der Waals surface area contributed by atoms with Crippen LogP contribution in [0.2, 0.25) is 0 Å². The van der Waals surface area contributed by atoms with Gasteiger partial charge in [0.05, 0.1) is 17.4 Å². The topological polar surface area (TPSA) is 68.2 Å². The maximum atomic E-state index is 5.87. The number of aliphatic imine (C=N–C) groups is 1. The number of hydrogen-bond donors (Lipinski definition) is 2.